The van der Waals surface area contributed by atoms with E-state index in [-0.39, 0.29) is 11.8 Å². The molecule has 1 aliphatic rings. The van der Waals surface area contributed by atoms with Gasteiger partial charge in [-0.15, -0.1) is 22.7 Å². The van der Waals surface area contributed by atoms with Crippen molar-refractivity contribution < 1.29 is 9.59 Å². The van der Waals surface area contributed by atoms with Crippen LogP contribution in [0, 0.1) is 0 Å². The standard InChI is InChI=1S/C15H16BrN3O2S2/c1-8(20)19-14-12(10-4-2-3-5-11(10)23-14)13(21)17-6-9-7-18-15(16)22-9/h7H,2-6H2,1H3,(H,17,21)(H,19,20). The molecule has 8 heteroatoms. The van der Waals surface area contributed by atoms with Crippen molar-refractivity contribution in [2.24, 2.45) is 0 Å². The summed E-state index contributed by atoms with van der Waals surface area (Å²) >= 11 is 6.34. The van der Waals surface area contributed by atoms with Crippen LogP contribution in [0.2, 0.25) is 0 Å². The van der Waals surface area contributed by atoms with Crippen molar-refractivity contribution in [3.05, 3.63) is 31.0 Å². The molecule has 0 aromatic carbocycles. The average Bonchev–Trinajstić information content (AvgIpc) is 3.07. The Morgan fingerprint density at radius 1 is 1.30 bits per heavy atom. The van der Waals surface area contributed by atoms with E-state index in [1.54, 1.807) is 6.20 Å². The molecule has 2 N–H and O–H groups in total. The van der Waals surface area contributed by atoms with E-state index >= 15 is 0 Å². The second-order valence-electron chi connectivity index (χ2n) is 5.36. The van der Waals surface area contributed by atoms with E-state index < -0.39 is 0 Å². The van der Waals surface area contributed by atoms with Crippen LogP contribution < -0.4 is 10.6 Å². The number of nitrogens with zero attached hydrogens (tertiary/aromatic N) is 1. The van der Waals surface area contributed by atoms with Crippen LogP contribution in [0.15, 0.2) is 10.1 Å². The van der Waals surface area contributed by atoms with E-state index in [1.165, 1.54) is 34.5 Å². The molecule has 0 saturated carbocycles. The normalized spacial score (nSPS) is 13.5. The Hall–Kier alpha value is -1.25. The largest absolute Gasteiger partial charge is 0.347 e. The minimum atomic E-state index is -0.149. The number of nitrogens with one attached hydrogen (secondary N) is 2. The second-order valence-corrected chi connectivity index (χ2v) is 8.85. The number of hydrogen-bond acceptors (Lipinski definition) is 5. The van der Waals surface area contributed by atoms with Gasteiger partial charge in [-0.1, -0.05) is 0 Å². The maximum atomic E-state index is 12.7. The van der Waals surface area contributed by atoms with Crippen LogP contribution in [0.5, 0.6) is 0 Å². The van der Waals surface area contributed by atoms with E-state index in [1.807, 2.05) is 0 Å². The molecule has 5 nitrogen and oxygen atoms in total. The van der Waals surface area contributed by atoms with E-state index in [9.17, 15) is 9.59 Å². The van der Waals surface area contributed by atoms with Gasteiger partial charge < -0.3 is 10.6 Å². The number of thiazole rings is 1. The summed E-state index contributed by atoms with van der Waals surface area (Å²) in [5.41, 5.74) is 1.75. The van der Waals surface area contributed by atoms with Crippen molar-refractivity contribution in [3.8, 4) is 0 Å². The topological polar surface area (TPSA) is 71.1 Å². The van der Waals surface area contributed by atoms with Gasteiger partial charge in [-0.25, -0.2) is 4.98 Å². The van der Waals surface area contributed by atoms with Gasteiger partial charge in [0.05, 0.1) is 12.1 Å². The van der Waals surface area contributed by atoms with Gasteiger partial charge in [0, 0.05) is 22.9 Å². The molecule has 0 saturated heterocycles. The smallest absolute Gasteiger partial charge is 0.254 e. The number of aromatic nitrogens is 1. The fourth-order valence-electron chi connectivity index (χ4n) is 2.68. The summed E-state index contributed by atoms with van der Waals surface area (Å²) in [7, 11) is 0. The van der Waals surface area contributed by atoms with Crippen LogP contribution in [0.25, 0.3) is 0 Å². The van der Waals surface area contributed by atoms with Crippen molar-refractivity contribution in [1.29, 1.82) is 0 Å². The molecular weight excluding hydrogens is 398 g/mol. The lowest BCUT2D eigenvalue weighted by atomic mass is 9.95. The van der Waals surface area contributed by atoms with Crippen LogP contribution in [-0.4, -0.2) is 16.8 Å². The van der Waals surface area contributed by atoms with Crippen molar-refractivity contribution in [3.63, 3.8) is 0 Å². The zero-order valence-electron chi connectivity index (χ0n) is 12.6. The molecule has 1 aliphatic carbocycles. The van der Waals surface area contributed by atoms with E-state index in [0.29, 0.717) is 17.1 Å². The predicted molar refractivity (Wildman–Crippen MR) is 96.2 cm³/mol. The molecule has 0 spiro atoms. The highest BCUT2D eigenvalue weighted by Gasteiger charge is 2.25. The Kier molecular flexibility index (Phi) is 5.13. The van der Waals surface area contributed by atoms with Gasteiger partial charge in [-0.3, -0.25) is 9.59 Å². The Morgan fingerprint density at radius 2 is 2.09 bits per heavy atom. The average molecular weight is 414 g/mol. The third-order valence-corrected chi connectivity index (χ3v) is 6.32. The van der Waals surface area contributed by atoms with Gasteiger partial charge in [-0.05, 0) is 47.2 Å². The van der Waals surface area contributed by atoms with Crippen molar-refractivity contribution >= 4 is 55.4 Å². The first-order valence-electron chi connectivity index (χ1n) is 7.35. The number of hydrogen-bond donors (Lipinski definition) is 2. The van der Waals surface area contributed by atoms with Crippen molar-refractivity contribution in [1.82, 2.24) is 10.3 Å². The van der Waals surface area contributed by atoms with Crippen LogP contribution in [-0.2, 0) is 24.2 Å². The Balaban J connectivity index is 1.82. The predicted octanol–water partition coefficient (Wildman–Crippen LogP) is 3.73. The number of halogens is 1. The first-order chi connectivity index (χ1) is 11.0. The lowest BCUT2D eigenvalue weighted by molar-refractivity contribution is -0.114. The molecule has 0 aliphatic heterocycles. The first kappa shape index (κ1) is 16.6. The molecule has 0 fully saturated rings. The highest BCUT2D eigenvalue weighted by Crippen LogP contribution is 2.38. The molecule has 0 atom stereocenters. The van der Waals surface area contributed by atoms with Crippen LogP contribution in [0.4, 0.5) is 5.00 Å². The maximum Gasteiger partial charge on any atom is 0.254 e. The molecule has 2 aromatic rings. The molecule has 2 aromatic heterocycles. The maximum absolute atomic E-state index is 12.7. The van der Waals surface area contributed by atoms with E-state index in [2.05, 4.69) is 31.5 Å². The fraction of sp³-hybridized carbons (Fsp3) is 0.400. The summed E-state index contributed by atoms with van der Waals surface area (Å²) in [6, 6.07) is 0. The highest BCUT2D eigenvalue weighted by atomic mass is 79.9. The fourth-order valence-corrected chi connectivity index (χ4v) is 5.31. The van der Waals surface area contributed by atoms with Crippen LogP contribution in [0.1, 0.15) is 45.4 Å². The van der Waals surface area contributed by atoms with Gasteiger partial charge >= 0.3 is 0 Å². The number of fused-ring (bicyclic) bond motifs is 1. The highest BCUT2D eigenvalue weighted by molar-refractivity contribution is 9.11. The first-order valence-corrected chi connectivity index (χ1v) is 9.77. The summed E-state index contributed by atoms with van der Waals surface area (Å²) in [5.74, 6) is -0.276. The summed E-state index contributed by atoms with van der Waals surface area (Å²) < 4.78 is 0.800. The molecular formula is C15H16BrN3O2S2. The van der Waals surface area contributed by atoms with Crippen LogP contribution >= 0.6 is 38.6 Å². The minimum Gasteiger partial charge on any atom is -0.347 e. The third-order valence-electron chi connectivity index (χ3n) is 3.64. The van der Waals surface area contributed by atoms with Crippen molar-refractivity contribution in [2.45, 2.75) is 39.2 Å². The minimum absolute atomic E-state index is 0.127. The Morgan fingerprint density at radius 3 is 2.78 bits per heavy atom. The summed E-state index contributed by atoms with van der Waals surface area (Å²) in [6.07, 6.45) is 5.86. The molecule has 3 rings (SSSR count). The van der Waals surface area contributed by atoms with E-state index in [4.69, 9.17) is 0 Å². The number of amides is 2. The van der Waals surface area contributed by atoms with Crippen molar-refractivity contribution in [2.75, 3.05) is 5.32 Å². The number of rotatable bonds is 4. The molecule has 2 amide bonds. The van der Waals surface area contributed by atoms with Gasteiger partial charge in [0.25, 0.3) is 5.91 Å². The summed E-state index contributed by atoms with van der Waals surface area (Å²) in [4.78, 5) is 30.4. The molecule has 0 bridgehead atoms. The molecule has 23 heavy (non-hydrogen) atoms. The van der Waals surface area contributed by atoms with Gasteiger partial charge in [0.2, 0.25) is 5.91 Å². The van der Waals surface area contributed by atoms with Gasteiger partial charge in [0.1, 0.15) is 5.00 Å². The summed E-state index contributed by atoms with van der Waals surface area (Å²) in [5, 5.41) is 6.43. The monoisotopic (exact) mass is 413 g/mol. The van der Waals surface area contributed by atoms with E-state index in [0.717, 1.165) is 40.0 Å². The lowest BCUT2D eigenvalue weighted by Crippen LogP contribution is -2.25. The zero-order valence-corrected chi connectivity index (χ0v) is 15.8. The molecule has 0 unspecified atom stereocenters. The Labute approximate surface area is 150 Å². The molecule has 2 heterocycles. The number of anilines is 1. The second kappa shape index (κ2) is 7.11. The summed E-state index contributed by atoms with van der Waals surface area (Å²) in [6.45, 7) is 1.90. The number of carbonyl (C=O) groups excluding carboxylic acids is 2. The lowest BCUT2D eigenvalue weighted by Gasteiger charge is -2.13. The van der Waals surface area contributed by atoms with Gasteiger partial charge in [0.15, 0.2) is 3.92 Å². The zero-order chi connectivity index (χ0) is 16.4. The molecule has 0 radical (unpaired) electrons. The van der Waals surface area contributed by atoms with Crippen LogP contribution in [0.3, 0.4) is 0 Å². The molecule has 122 valence electrons. The third kappa shape index (κ3) is 3.81. The number of thiophene rings is 1. The Bertz CT molecular complexity index is 754. The quantitative estimate of drug-likeness (QED) is 0.801. The SMILES string of the molecule is CC(=O)Nc1sc2c(c1C(=O)NCc1cnc(Br)s1)CCCC2. The number of carbonyl (C=O) groups is 2. The number of aryl methyl sites for hydroxylation is 1. The van der Waals surface area contributed by atoms with Gasteiger partial charge in [-0.2, -0.15) is 0 Å².